The fourth-order valence-electron chi connectivity index (χ4n) is 2.31. The van der Waals surface area contributed by atoms with E-state index in [0.29, 0.717) is 12.4 Å². The molecule has 2 rings (SSSR count). The number of ether oxygens (including phenoxy) is 2. The van der Waals surface area contributed by atoms with Crippen molar-refractivity contribution < 1.29 is 19.1 Å². The maximum Gasteiger partial charge on any atom is 0.260 e. The van der Waals surface area contributed by atoms with Crippen LogP contribution < -0.4 is 14.8 Å². The van der Waals surface area contributed by atoms with Gasteiger partial charge >= 0.3 is 0 Å². The second-order valence-electron chi connectivity index (χ2n) is 5.95. The van der Waals surface area contributed by atoms with Crippen molar-refractivity contribution in [1.82, 2.24) is 4.90 Å². The van der Waals surface area contributed by atoms with E-state index in [4.69, 9.17) is 9.47 Å². The Balaban J connectivity index is 1.81. The number of carbonyl (C=O) groups excluding carboxylic acids is 2. The molecule has 27 heavy (non-hydrogen) atoms. The second-order valence-corrected chi connectivity index (χ2v) is 6.87. The van der Waals surface area contributed by atoms with Crippen LogP contribution in [-0.2, 0) is 9.59 Å². The van der Waals surface area contributed by atoms with Gasteiger partial charge in [0.25, 0.3) is 5.91 Å². The van der Waals surface area contributed by atoms with Gasteiger partial charge in [0, 0.05) is 17.2 Å². The van der Waals surface area contributed by atoms with Crippen LogP contribution >= 0.6 is 15.9 Å². The number of carbonyl (C=O) groups is 2. The van der Waals surface area contributed by atoms with Crippen LogP contribution in [0.15, 0.2) is 46.9 Å². The van der Waals surface area contributed by atoms with Crippen LogP contribution in [0.25, 0.3) is 0 Å². The van der Waals surface area contributed by atoms with Crippen LogP contribution in [0.5, 0.6) is 11.5 Å². The summed E-state index contributed by atoms with van der Waals surface area (Å²) < 4.78 is 11.8. The van der Waals surface area contributed by atoms with E-state index >= 15 is 0 Å². The highest BCUT2D eigenvalue weighted by atomic mass is 79.9. The number of halogens is 1. The number of benzene rings is 2. The molecule has 0 aliphatic rings. The highest BCUT2D eigenvalue weighted by Crippen LogP contribution is 2.20. The fraction of sp³-hybridized carbons (Fsp3) is 0.300. The van der Waals surface area contributed by atoms with Gasteiger partial charge in [-0.25, -0.2) is 0 Å². The van der Waals surface area contributed by atoms with Gasteiger partial charge in [0.2, 0.25) is 5.91 Å². The first-order valence-electron chi connectivity index (χ1n) is 8.54. The van der Waals surface area contributed by atoms with Gasteiger partial charge in [-0.3, -0.25) is 9.59 Å². The average molecular weight is 435 g/mol. The van der Waals surface area contributed by atoms with Crippen LogP contribution in [0.3, 0.4) is 0 Å². The molecule has 0 aliphatic heterocycles. The maximum absolute atomic E-state index is 12.2. The number of nitrogens with zero attached hydrogens (tertiary/aromatic N) is 1. The number of aryl methyl sites for hydroxylation is 1. The van der Waals surface area contributed by atoms with E-state index < -0.39 is 0 Å². The Labute approximate surface area is 167 Å². The Kier molecular flexibility index (Phi) is 7.67. The van der Waals surface area contributed by atoms with Crippen LogP contribution in [0.2, 0.25) is 0 Å². The minimum absolute atomic E-state index is 0.0546. The molecule has 0 atom stereocenters. The summed E-state index contributed by atoms with van der Waals surface area (Å²) >= 11 is 3.38. The molecule has 0 aromatic heterocycles. The summed E-state index contributed by atoms with van der Waals surface area (Å²) in [6.45, 7) is 4.20. The van der Waals surface area contributed by atoms with Crippen molar-refractivity contribution in [2.24, 2.45) is 0 Å². The van der Waals surface area contributed by atoms with E-state index in [1.807, 2.05) is 32.0 Å². The zero-order valence-electron chi connectivity index (χ0n) is 15.6. The Morgan fingerprint density at radius 3 is 2.30 bits per heavy atom. The molecule has 6 nitrogen and oxygen atoms in total. The van der Waals surface area contributed by atoms with Gasteiger partial charge in [0.05, 0.1) is 13.2 Å². The molecule has 7 heteroatoms. The molecule has 0 aliphatic carbocycles. The lowest BCUT2D eigenvalue weighted by molar-refractivity contribution is -0.135. The van der Waals surface area contributed by atoms with Crippen molar-refractivity contribution in [3.05, 3.63) is 52.5 Å². The smallest absolute Gasteiger partial charge is 0.260 e. The zero-order chi connectivity index (χ0) is 19.8. The number of hydrogen-bond donors (Lipinski definition) is 1. The van der Waals surface area contributed by atoms with Crippen molar-refractivity contribution in [2.45, 2.75) is 13.8 Å². The van der Waals surface area contributed by atoms with E-state index in [-0.39, 0.29) is 25.0 Å². The standard InChI is InChI=1S/C20H23BrN2O4/c1-4-26-16-6-8-17(9-7-16)27-13-20(25)23(3)12-19(24)22-18-10-5-15(21)11-14(18)2/h5-11H,4,12-13H2,1-3H3,(H,22,24). The van der Waals surface area contributed by atoms with Gasteiger partial charge in [0.1, 0.15) is 11.5 Å². The van der Waals surface area contributed by atoms with Crippen LogP contribution in [-0.4, -0.2) is 43.5 Å². The third kappa shape index (κ3) is 6.60. The first kappa shape index (κ1) is 20.8. The van der Waals surface area contributed by atoms with Gasteiger partial charge < -0.3 is 19.7 Å². The maximum atomic E-state index is 12.2. The lowest BCUT2D eigenvalue weighted by Gasteiger charge is -2.18. The highest BCUT2D eigenvalue weighted by Gasteiger charge is 2.14. The molecule has 144 valence electrons. The van der Waals surface area contributed by atoms with E-state index in [1.54, 1.807) is 31.3 Å². The fourth-order valence-corrected chi connectivity index (χ4v) is 2.79. The predicted molar refractivity (Wildman–Crippen MR) is 108 cm³/mol. The Hall–Kier alpha value is -2.54. The Bertz CT molecular complexity index is 793. The van der Waals surface area contributed by atoms with Crippen LogP contribution in [0, 0.1) is 6.92 Å². The van der Waals surface area contributed by atoms with E-state index in [1.165, 1.54) is 4.90 Å². The summed E-state index contributed by atoms with van der Waals surface area (Å²) in [7, 11) is 1.57. The third-order valence-electron chi connectivity index (χ3n) is 3.77. The molecule has 0 saturated carbocycles. The summed E-state index contributed by atoms with van der Waals surface area (Å²) in [6, 6.07) is 12.6. The van der Waals surface area contributed by atoms with Gasteiger partial charge in [-0.2, -0.15) is 0 Å². The molecule has 0 saturated heterocycles. The number of hydrogen-bond acceptors (Lipinski definition) is 4. The molecule has 0 fully saturated rings. The molecular formula is C20H23BrN2O4. The first-order chi connectivity index (χ1) is 12.9. The van der Waals surface area contributed by atoms with Crippen LogP contribution in [0.4, 0.5) is 5.69 Å². The second kappa shape index (κ2) is 9.97. The van der Waals surface area contributed by atoms with Crippen molar-refractivity contribution in [2.75, 3.05) is 32.1 Å². The summed E-state index contributed by atoms with van der Waals surface area (Å²) in [6.07, 6.45) is 0. The third-order valence-corrected chi connectivity index (χ3v) is 4.26. The highest BCUT2D eigenvalue weighted by molar-refractivity contribution is 9.10. The number of amides is 2. The largest absolute Gasteiger partial charge is 0.494 e. The zero-order valence-corrected chi connectivity index (χ0v) is 17.2. The number of likely N-dealkylation sites (N-methyl/N-ethyl adjacent to an activating group) is 1. The molecule has 2 aromatic carbocycles. The van der Waals surface area contributed by atoms with Crippen molar-refractivity contribution in [3.63, 3.8) is 0 Å². The Morgan fingerprint density at radius 1 is 1.07 bits per heavy atom. The number of nitrogens with one attached hydrogen (secondary N) is 1. The minimum atomic E-state index is -0.286. The molecule has 2 aromatic rings. The van der Waals surface area contributed by atoms with Crippen molar-refractivity contribution >= 4 is 33.4 Å². The topological polar surface area (TPSA) is 67.9 Å². The van der Waals surface area contributed by atoms with Gasteiger partial charge in [-0.1, -0.05) is 15.9 Å². The van der Waals surface area contributed by atoms with Crippen molar-refractivity contribution in [1.29, 1.82) is 0 Å². The molecule has 0 spiro atoms. The SMILES string of the molecule is CCOc1ccc(OCC(=O)N(C)CC(=O)Nc2ccc(Br)cc2C)cc1. The van der Waals surface area contributed by atoms with E-state index in [9.17, 15) is 9.59 Å². The molecule has 1 N–H and O–H groups in total. The molecule has 0 bridgehead atoms. The molecule has 0 heterocycles. The summed E-state index contributed by atoms with van der Waals surface area (Å²) in [5.41, 5.74) is 1.65. The minimum Gasteiger partial charge on any atom is -0.494 e. The van der Waals surface area contributed by atoms with Crippen molar-refractivity contribution in [3.8, 4) is 11.5 Å². The van der Waals surface area contributed by atoms with Gasteiger partial charge in [-0.15, -0.1) is 0 Å². The lowest BCUT2D eigenvalue weighted by atomic mass is 10.2. The van der Waals surface area contributed by atoms with Gasteiger partial charge in [0.15, 0.2) is 6.61 Å². The van der Waals surface area contributed by atoms with E-state index in [2.05, 4.69) is 21.2 Å². The number of rotatable bonds is 8. The quantitative estimate of drug-likeness (QED) is 0.688. The molecule has 0 radical (unpaired) electrons. The normalized spacial score (nSPS) is 10.2. The first-order valence-corrected chi connectivity index (χ1v) is 9.34. The number of anilines is 1. The monoisotopic (exact) mass is 434 g/mol. The molecular weight excluding hydrogens is 412 g/mol. The summed E-state index contributed by atoms with van der Waals surface area (Å²) in [5, 5.41) is 2.81. The molecule has 2 amide bonds. The average Bonchev–Trinajstić information content (AvgIpc) is 2.63. The molecule has 0 unspecified atom stereocenters. The Morgan fingerprint density at radius 2 is 1.70 bits per heavy atom. The van der Waals surface area contributed by atoms with Crippen LogP contribution in [0.1, 0.15) is 12.5 Å². The summed E-state index contributed by atoms with van der Waals surface area (Å²) in [4.78, 5) is 25.7. The lowest BCUT2D eigenvalue weighted by Crippen LogP contribution is -2.37. The van der Waals surface area contributed by atoms with E-state index in [0.717, 1.165) is 21.5 Å². The van der Waals surface area contributed by atoms with Gasteiger partial charge in [-0.05, 0) is 61.9 Å². The summed E-state index contributed by atoms with van der Waals surface area (Å²) in [5.74, 6) is 0.757. The predicted octanol–water partition coefficient (Wildman–Crippen LogP) is 3.63.